The fraction of sp³-hybridized carbons (Fsp3) is 1.00. The SMILES string of the molecule is CNC[C@H](O)[C@@H](O)[C@H](O)[C@H](O)CO.CNC[C@H](O)[C@@H](O)[C@H](O)[C@H](O)CO.Cl. The van der Waals surface area contributed by atoms with Crippen molar-refractivity contribution in [2.45, 2.75) is 48.8 Å². The topological polar surface area (TPSA) is 226 Å². The lowest BCUT2D eigenvalue weighted by atomic mass is 10.0. The van der Waals surface area contributed by atoms with Gasteiger partial charge in [-0.05, 0) is 14.1 Å². The molecule has 0 saturated carbocycles. The van der Waals surface area contributed by atoms with Crippen LogP contribution in [0.4, 0.5) is 0 Å². The molecule has 168 valence electrons. The summed E-state index contributed by atoms with van der Waals surface area (Å²) >= 11 is 0. The zero-order valence-corrected chi connectivity index (χ0v) is 16.1. The molecule has 27 heavy (non-hydrogen) atoms. The van der Waals surface area contributed by atoms with Gasteiger partial charge in [0.25, 0.3) is 0 Å². The molecule has 0 fully saturated rings. The van der Waals surface area contributed by atoms with Crippen molar-refractivity contribution >= 4 is 12.4 Å². The van der Waals surface area contributed by atoms with Gasteiger partial charge in [0.1, 0.15) is 36.6 Å². The second-order valence-electron chi connectivity index (χ2n) is 5.71. The van der Waals surface area contributed by atoms with Crippen LogP contribution in [0.2, 0.25) is 0 Å². The number of rotatable bonds is 12. The van der Waals surface area contributed by atoms with Gasteiger partial charge < -0.3 is 61.7 Å². The highest BCUT2D eigenvalue weighted by atomic mass is 35.5. The zero-order chi connectivity index (χ0) is 20.9. The summed E-state index contributed by atoms with van der Waals surface area (Å²) in [6, 6.07) is 0. The third-order valence-corrected chi connectivity index (χ3v) is 3.48. The van der Waals surface area contributed by atoms with E-state index < -0.39 is 62.0 Å². The Morgan fingerprint density at radius 1 is 0.519 bits per heavy atom. The van der Waals surface area contributed by atoms with Crippen LogP contribution in [0.1, 0.15) is 0 Å². The van der Waals surface area contributed by atoms with Gasteiger partial charge in [-0.3, -0.25) is 0 Å². The van der Waals surface area contributed by atoms with E-state index >= 15 is 0 Å². The molecule has 0 aliphatic rings. The molecule has 0 aromatic heterocycles. The molecule has 0 aromatic carbocycles. The highest BCUT2D eigenvalue weighted by Gasteiger charge is 2.30. The minimum atomic E-state index is -1.55. The van der Waals surface area contributed by atoms with E-state index in [0.29, 0.717) is 0 Å². The monoisotopic (exact) mass is 426 g/mol. The standard InChI is InChI=1S/2C7H17NO5.ClH/c2*1-8-2-4(10)6(12)7(13)5(11)3-9;/h2*4-13H,2-3H2,1H3;1H/t2*4-,5+,6+,7+;/m00./s1. The largest absolute Gasteiger partial charge is 0.394 e. The van der Waals surface area contributed by atoms with Gasteiger partial charge in [0, 0.05) is 13.1 Å². The smallest absolute Gasteiger partial charge is 0.111 e. The van der Waals surface area contributed by atoms with Gasteiger partial charge in [0.2, 0.25) is 0 Å². The van der Waals surface area contributed by atoms with Crippen LogP contribution >= 0.6 is 12.4 Å². The van der Waals surface area contributed by atoms with E-state index in [-0.39, 0.29) is 25.5 Å². The Kier molecular flexibility index (Phi) is 20.9. The number of hydrogen-bond donors (Lipinski definition) is 12. The molecule has 8 atom stereocenters. The van der Waals surface area contributed by atoms with Crippen molar-refractivity contribution in [3.63, 3.8) is 0 Å². The summed E-state index contributed by atoms with van der Waals surface area (Å²) in [5, 5.41) is 95.0. The van der Waals surface area contributed by atoms with Crippen molar-refractivity contribution in [1.82, 2.24) is 10.6 Å². The molecule has 0 unspecified atom stereocenters. The van der Waals surface area contributed by atoms with Crippen molar-refractivity contribution in [3.05, 3.63) is 0 Å². The predicted octanol–water partition coefficient (Wildman–Crippen LogP) is -6.29. The van der Waals surface area contributed by atoms with E-state index in [1.165, 1.54) is 0 Å². The van der Waals surface area contributed by atoms with Crippen LogP contribution in [0.5, 0.6) is 0 Å². The van der Waals surface area contributed by atoms with Gasteiger partial charge in [0.15, 0.2) is 0 Å². The number of hydrogen-bond acceptors (Lipinski definition) is 12. The molecule has 0 spiro atoms. The molecule has 0 saturated heterocycles. The summed E-state index contributed by atoms with van der Waals surface area (Å²) in [4.78, 5) is 0. The Morgan fingerprint density at radius 3 is 0.926 bits per heavy atom. The summed E-state index contributed by atoms with van der Waals surface area (Å²) in [7, 11) is 3.15. The first-order valence-corrected chi connectivity index (χ1v) is 8.04. The van der Waals surface area contributed by atoms with Crippen LogP contribution in [0, 0.1) is 0 Å². The van der Waals surface area contributed by atoms with Crippen molar-refractivity contribution in [1.29, 1.82) is 0 Å². The molecule has 0 amide bonds. The maximum absolute atomic E-state index is 9.21. The summed E-state index contributed by atoms with van der Waals surface area (Å²) in [6.07, 6.45) is -11.3. The average molecular weight is 427 g/mol. The maximum atomic E-state index is 9.21. The lowest BCUT2D eigenvalue weighted by Crippen LogP contribution is -2.48. The molecule has 0 radical (unpaired) electrons. The fourth-order valence-electron chi connectivity index (χ4n) is 1.79. The predicted molar refractivity (Wildman–Crippen MR) is 97.3 cm³/mol. The molecule has 0 rings (SSSR count). The van der Waals surface area contributed by atoms with Gasteiger partial charge >= 0.3 is 0 Å². The highest BCUT2D eigenvalue weighted by molar-refractivity contribution is 5.85. The first-order valence-electron chi connectivity index (χ1n) is 8.04. The van der Waals surface area contributed by atoms with E-state index in [1.54, 1.807) is 14.1 Å². The Hall–Kier alpha value is -0.190. The molecule has 13 heteroatoms. The van der Waals surface area contributed by atoms with Crippen LogP contribution < -0.4 is 10.6 Å². The van der Waals surface area contributed by atoms with Crippen molar-refractivity contribution in [2.24, 2.45) is 0 Å². The van der Waals surface area contributed by atoms with Gasteiger partial charge in [-0.1, -0.05) is 0 Å². The second-order valence-corrected chi connectivity index (χ2v) is 5.71. The van der Waals surface area contributed by atoms with Gasteiger partial charge in [0.05, 0.1) is 25.4 Å². The average Bonchev–Trinajstić information content (AvgIpc) is 2.64. The number of nitrogens with one attached hydrogen (secondary N) is 2. The number of aliphatic hydroxyl groups is 10. The summed E-state index contributed by atoms with van der Waals surface area (Å²) in [5.74, 6) is 0. The molecule has 0 bridgehead atoms. The van der Waals surface area contributed by atoms with Crippen LogP contribution in [0.15, 0.2) is 0 Å². The van der Waals surface area contributed by atoms with Crippen LogP contribution in [-0.2, 0) is 0 Å². The van der Waals surface area contributed by atoms with E-state index in [0.717, 1.165) is 0 Å². The number of halogens is 1. The van der Waals surface area contributed by atoms with Crippen molar-refractivity contribution in [3.8, 4) is 0 Å². The summed E-state index contributed by atoms with van der Waals surface area (Å²) in [5.41, 5.74) is 0. The molecular formula is C14H35ClN2O10. The first-order chi connectivity index (χ1) is 12.1. The quantitative estimate of drug-likeness (QED) is 0.140. The van der Waals surface area contributed by atoms with Crippen molar-refractivity contribution in [2.75, 3.05) is 40.4 Å². The molecule has 0 heterocycles. The van der Waals surface area contributed by atoms with E-state index in [1.807, 2.05) is 0 Å². The molecule has 12 N–H and O–H groups in total. The van der Waals surface area contributed by atoms with Crippen LogP contribution in [0.3, 0.4) is 0 Å². The van der Waals surface area contributed by atoms with E-state index in [9.17, 15) is 10.2 Å². The van der Waals surface area contributed by atoms with Gasteiger partial charge in [-0.25, -0.2) is 0 Å². The molecule has 0 aliphatic carbocycles. The zero-order valence-electron chi connectivity index (χ0n) is 15.3. The van der Waals surface area contributed by atoms with Gasteiger partial charge in [-0.2, -0.15) is 0 Å². The minimum Gasteiger partial charge on any atom is -0.394 e. The summed E-state index contributed by atoms with van der Waals surface area (Å²) in [6.45, 7) is -1.14. The maximum Gasteiger partial charge on any atom is 0.111 e. The normalized spacial score (nSPS) is 20.0. The Balaban J connectivity index is -0.000000411. The minimum absolute atomic E-state index is 0. The third-order valence-electron chi connectivity index (χ3n) is 3.48. The van der Waals surface area contributed by atoms with E-state index in [4.69, 9.17) is 40.9 Å². The second kappa shape index (κ2) is 17.9. The van der Waals surface area contributed by atoms with Crippen LogP contribution in [0.25, 0.3) is 0 Å². The van der Waals surface area contributed by atoms with Gasteiger partial charge in [-0.15, -0.1) is 12.4 Å². The molecular weight excluding hydrogens is 392 g/mol. The number of aliphatic hydroxyl groups excluding tert-OH is 10. The first kappa shape index (κ1) is 31.5. The Bertz CT molecular complexity index is 304. The van der Waals surface area contributed by atoms with E-state index in [2.05, 4.69) is 10.6 Å². The Morgan fingerprint density at radius 2 is 0.741 bits per heavy atom. The Labute approximate surface area is 164 Å². The summed E-state index contributed by atoms with van der Waals surface area (Å²) < 4.78 is 0. The molecule has 0 aliphatic heterocycles. The van der Waals surface area contributed by atoms with Crippen molar-refractivity contribution < 1.29 is 51.1 Å². The fourth-order valence-corrected chi connectivity index (χ4v) is 1.79. The number of likely N-dealkylation sites (N-methyl/N-ethyl adjacent to an activating group) is 2. The lowest BCUT2D eigenvalue weighted by molar-refractivity contribution is -0.113. The lowest BCUT2D eigenvalue weighted by Gasteiger charge is -2.25. The van der Waals surface area contributed by atoms with Crippen LogP contribution in [-0.4, -0.2) is 140 Å². The highest BCUT2D eigenvalue weighted by Crippen LogP contribution is 2.05. The third kappa shape index (κ3) is 12.8. The molecule has 12 nitrogen and oxygen atoms in total. The molecule has 0 aromatic rings.